The van der Waals surface area contributed by atoms with E-state index in [0.717, 1.165) is 10.9 Å². The van der Waals surface area contributed by atoms with Gasteiger partial charge in [0.05, 0.1) is 12.7 Å². The Bertz CT molecular complexity index is 655. The third-order valence-corrected chi connectivity index (χ3v) is 2.97. The summed E-state index contributed by atoms with van der Waals surface area (Å²) in [5.41, 5.74) is -0.217. The molecule has 0 radical (unpaired) electrons. The van der Waals surface area contributed by atoms with Crippen LogP contribution < -0.4 is 0 Å². The standard InChI is InChI=1S/C11H6Cl2F3N3O/c12-7-1-2-8(13)6(3-7)4-19-5-9(17-18-19)10(20)11(14,15)16/h1-3,5H,4H2. The van der Waals surface area contributed by atoms with Crippen LogP contribution in [0, 0.1) is 0 Å². The van der Waals surface area contributed by atoms with Crippen molar-refractivity contribution in [3.05, 3.63) is 45.7 Å². The van der Waals surface area contributed by atoms with Crippen LogP contribution in [0.5, 0.6) is 0 Å². The maximum atomic E-state index is 12.2. The molecule has 0 aliphatic heterocycles. The molecule has 2 rings (SSSR count). The first kappa shape index (κ1) is 14.8. The second-order valence-corrected chi connectivity index (χ2v) is 4.71. The zero-order valence-electron chi connectivity index (χ0n) is 9.66. The summed E-state index contributed by atoms with van der Waals surface area (Å²) in [5, 5.41) is 7.47. The highest BCUT2D eigenvalue weighted by Crippen LogP contribution is 2.22. The molecule has 4 nitrogen and oxygen atoms in total. The Morgan fingerprint density at radius 1 is 1.30 bits per heavy atom. The molecule has 1 aromatic carbocycles. The van der Waals surface area contributed by atoms with E-state index in [0.29, 0.717) is 15.6 Å². The van der Waals surface area contributed by atoms with Gasteiger partial charge in [-0.25, -0.2) is 4.68 Å². The van der Waals surface area contributed by atoms with Crippen molar-refractivity contribution < 1.29 is 18.0 Å². The van der Waals surface area contributed by atoms with Crippen LogP contribution in [0.15, 0.2) is 24.4 Å². The van der Waals surface area contributed by atoms with Gasteiger partial charge in [-0.05, 0) is 23.8 Å². The van der Waals surface area contributed by atoms with Crippen LogP contribution in [-0.4, -0.2) is 27.0 Å². The van der Waals surface area contributed by atoms with Crippen LogP contribution in [0.2, 0.25) is 10.0 Å². The Kier molecular flexibility index (Phi) is 4.01. The molecule has 1 aromatic heterocycles. The molecule has 106 valence electrons. The van der Waals surface area contributed by atoms with E-state index in [1.54, 1.807) is 18.2 Å². The van der Waals surface area contributed by atoms with Gasteiger partial charge in [-0.15, -0.1) is 5.10 Å². The molecule has 0 spiro atoms. The first-order valence-corrected chi connectivity index (χ1v) is 5.98. The van der Waals surface area contributed by atoms with Gasteiger partial charge in [-0.3, -0.25) is 4.79 Å². The van der Waals surface area contributed by atoms with E-state index in [2.05, 4.69) is 10.3 Å². The predicted molar refractivity (Wildman–Crippen MR) is 66.0 cm³/mol. The predicted octanol–water partition coefficient (Wildman–Crippen LogP) is 3.38. The number of nitrogens with zero attached hydrogens (tertiary/aromatic N) is 3. The molecule has 0 saturated heterocycles. The fourth-order valence-electron chi connectivity index (χ4n) is 1.46. The Labute approximate surface area is 121 Å². The van der Waals surface area contributed by atoms with E-state index in [1.165, 1.54) is 0 Å². The van der Waals surface area contributed by atoms with Crippen LogP contribution in [0.3, 0.4) is 0 Å². The van der Waals surface area contributed by atoms with Crippen molar-refractivity contribution >= 4 is 29.0 Å². The molecule has 0 fully saturated rings. The van der Waals surface area contributed by atoms with Gasteiger partial charge in [0, 0.05) is 10.0 Å². The number of carbonyl (C=O) groups is 1. The van der Waals surface area contributed by atoms with Crippen LogP contribution in [0.25, 0.3) is 0 Å². The summed E-state index contributed by atoms with van der Waals surface area (Å²) in [6.07, 6.45) is -4.07. The number of alkyl halides is 3. The van der Waals surface area contributed by atoms with Gasteiger partial charge < -0.3 is 0 Å². The monoisotopic (exact) mass is 323 g/mol. The highest BCUT2D eigenvalue weighted by Gasteiger charge is 2.41. The maximum absolute atomic E-state index is 12.2. The summed E-state index contributed by atoms with van der Waals surface area (Å²) in [5.74, 6) is -2.04. The van der Waals surface area contributed by atoms with Crippen LogP contribution in [0.4, 0.5) is 13.2 Å². The molecule has 0 atom stereocenters. The molecule has 9 heteroatoms. The van der Waals surface area contributed by atoms with Crippen molar-refractivity contribution in [2.45, 2.75) is 12.7 Å². The summed E-state index contributed by atoms with van der Waals surface area (Å²) >= 11 is 11.7. The first-order chi connectivity index (χ1) is 9.27. The molecule has 0 amide bonds. The fraction of sp³-hybridized carbons (Fsp3) is 0.182. The van der Waals surface area contributed by atoms with Crippen molar-refractivity contribution in [2.24, 2.45) is 0 Å². The topological polar surface area (TPSA) is 47.8 Å². The summed E-state index contributed by atoms with van der Waals surface area (Å²) < 4.78 is 37.7. The molecular weight excluding hydrogens is 318 g/mol. The van der Waals surface area contributed by atoms with E-state index >= 15 is 0 Å². The van der Waals surface area contributed by atoms with Gasteiger partial charge >= 0.3 is 6.18 Å². The van der Waals surface area contributed by atoms with Gasteiger partial charge in [0.2, 0.25) is 0 Å². The molecule has 0 aliphatic rings. The highest BCUT2D eigenvalue weighted by atomic mass is 35.5. The van der Waals surface area contributed by atoms with Crippen molar-refractivity contribution in [1.82, 2.24) is 15.0 Å². The van der Waals surface area contributed by atoms with Crippen molar-refractivity contribution in [3.63, 3.8) is 0 Å². The quantitative estimate of drug-likeness (QED) is 0.813. The van der Waals surface area contributed by atoms with Crippen LogP contribution >= 0.6 is 23.2 Å². The molecule has 1 heterocycles. The van der Waals surface area contributed by atoms with Crippen LogP contribution in [-0.2, 0) is 6.54 Å². The Hall–Kier alpha value is -1.60. The molecule has 0 N–H and O–H groups in total. The van der Waals surface area contributed by atoms with E-state index in [-0.39, 0.29) is 6.54 Å². The number of ketones is 1. The Morgan fingerprint density at radius 3 is 2.65 bits per heavy atom. The molecular formula is C11H6Cl2F3N3O. The average Bonchev–Trinajstić information content (AvgIpc) is 2.80. The molecule has 0 saturated carbocycles. The normalized spacial score (nSPS) is 11.7. The zero-order chi connectivity index (χ0) is 14.9. The van der Waals surface area contributed by atoms with E-state index < -0.39 is 17.7 Å². The molecule has 0 bridgehead atoms. The number of rotatable bonds is 3. The highest BCUT2D eigenvalue weighted by molar-refractivity contribution is 6.33. The number of halogens is 5. The second-order valence-electron chi connectivity index (χ2n) is 3.86. The third-order valence-electron chi connectivity index (χ3n) is 2.37. The van der Waals surface area contributed by atoms with Crippen molar-refractivity contribution in [3.8, 4) is 0 Å². The number of aromatic nitrogens is 3. The number of carbonyl (C=O) groups excluding carboxylic acids is 1. The number of benzene rings is 1. The minimum atomic E-state index is -4.98. The molecule has 2 aromatic rings. The van der Waals surface area contributed by atoms with E-state index in [1.807, 2.05) is 0 Å². The number of Topliss-reactive ketones (excluding diaryl/α,β-unsaturated/α-hetero) is 1. The Morgan fingerprint density at radius 2 is 2.00 bits per heavy atom. The van der Waals surface area contributed by atoms with Gasteiger partial charge in [-0.1, -0.05) is 28.4 Å². The third kappa shape index (κ3) is 3.29. The van der Waals surface area contributed by atoms with E-state index in [9.17, 15) is 18.0 Å². The SMILES string of the molecule is O=C(c1cn(Cc2cc(Cl)ccc2Cl)nn1)C(F)(F)F. The van der Waals surface area contributed by atoms with Gasteiger partial charge in [0.15, 0.2) is 5.69 Å². The van der Waals surface area contributed by atoms with Gasteiger partial charge in [0.1, 0.15) is 0 Å². The average molecular weight is 324 g/mol. The lowest BCUT2D eigenvalue weighted by atomic mass is 10.2. The summed E-state index contributed by atoms with van der Waals surface area (Å²) in [4.78, 5) is 11.0. The van der Waals surface area contributed by atoms with Crippen molar-refractivity contribution in [2.75, 3.05) is 0 Å². The lowest BCUT2D eigenvalue weighted by Gasteiger charge is -2.04. The summed E-state index contributed by atoms with van der Waals surface area (Å²) in [6, 6.07) is 4.68. The second kappa shape index (κ2) is 5.41. The molecule has 0 unspecified atom stereocenters. The van der Waals surface area contributed by atoms with Gasteiger partial charge in [-0.2, -0.15) is 13.2 Å². The minimum Gasteiger partial charge on any atom is -0.282 e. The van der Waals surface area contributed by atoms with Crippen LogP contribution in [0.1, 0.15) is 16.1 Å². The molecule has 20 heavy (non-hydrogen) atoms. The summed E-state index contributed by atoms with van der Waals surface area (Å²) in [7, 11) is 0. The smallest absolute Gasteiger partial charge is 0.282 e. The molecule has 0 aliphatic carbocycles. The van der Waals surface area contributed by atoms with E-state index in [4.69, 9.17) is 23.2 Å². The first-order valence-electron chi connectivity index (χ1n) is 5.23. The maximum Gasteiger partial charge on any atom is 0.456 e. The fourth-order valence-corrected chi connectivity index (χ4v) is 1.84. The lowest BCUT2D eigenvalue weighted by molar-refractivity contribution is -0.0888. The Balaban J connectivity index is 2.22. The van der Waals surface area contributed by atoms with Crippen molar-refractivity contribution in [1.29, 1.82) is 0 Å². The lowest BCUT2D eigenvalue weighted by Crippen LogP contribution is -2.23. The number of hydrogen-bond donors (Lipinski definition) is 0. The number of hydrogen-bond acceptors (Lipinski definition) is 3. The zero-order valence-corrected chi connectivity index (χ0v) is 11.2. The largest absolute Gasteiger partial charge is 0.456 e. The van der Waals surface area contributed by atoms with Gasteiger partial charge in [0.25, 0.3) is 5.78 Å². The summed E-state index contributed by atoms with van der Waals surface area (Å²) in [6.45, 7) is 0.0531. The minimum absolute atomic E-state index is 0.0531.